The number of nitriles is 1. The fourth-order valence-corrected chi connectivity index (χ4v) is 3.41. The Hall–Kier alpha value is -2.77. The second kappa shape index (κ2) is 6.38. The maximum absolute atomic E-state index is 8.90. The maximum atomic E-state index is 8.90. The van der Waals surface area contributed by atoms with Gasteiger partial charge in [-0.15, -0.1) is 0 Å². The molecule has 2 heterocycles. The Morgan fingerprint density at radius 2 is 1.71 bits per heavy atom. The van der Waals surface area contributed by atoms with E-state index in [1.807, 2.05) is 24.3 Å². The Kier molecular flexibility index (Phi) is 3.94. The van der Waals surface area contributed by atoms with Crippen LogP contribution in [0.15, 0.2) is 54.7 Å². The van der Waals surface area contributed by atoms with E-state index in [0.717, 1.165) is 38.3 Å². The quantitative estimate of drug-likeness (QED) is 0.806. The van der Waals surface area contributed by atoms with Gasteiger partial charge in [0.05, 0.1) is 11.6 Å². The van der Waals surface area contributed by atoms with Gasteiger partial charge < -0.3 is 9.88 Å². The molecule has 0 bridgehead atoms. The first kappa shape index (κ1) is 14.8. The number of aromatic nitrogens is 1. The largest absolute Gasteiger partial charge is 0.369 e. The van der Waals surface area contributed by atoms with Crippen LogP contribution in [0.25, 0.3) is 10.9 Å². The first-order chi connectivity index (χ1) is 11.8. The van der Waals surface area contributed by atoms with Crippen molar-refractivity contribution in [3.8, 4) is 6.07 Å². The molecular formula is C20H20N4. The average Bonchev–Trinajstić information content (AvgIpc) is 3.06. The highest BCUT2D eigenvalue weighted by atomic mass is 15.3. The lowest BCUT2D eigenvalue weighted by atomic mass is 10.1. The minimum Gasteiger partial charge on any atom is -0.369 e. The van der Waals surface area contributed by atoms with Crippen molar-refractivity contribution < 1.29 is 0 Å². The summed E-state index contributed by atoms with van der Waals surface area (Å²) in [5.41, 5.74) is 4.51. The number of benzene rings is 2. The Morgan fingerprint density at radius 3 is 2.46 bits per heavy atom. The minimum absolute atomic E-state index is 0.719. The predicted octanol–water partition coefficient (Wildman–Crippen LogP) is 3.36. The summed E-state index contributed by atoms with van der Waals surface area (Å²) < 4.78 is 0. The van der Waals surface area contributed by atoms with Gasteiger partial charge in [-0.1, -0.05) is 18.2 Å². The number of aromatic amines is 1. The molecule has 1 N–H and O–H groups in total. The zero-order valence-corrected chi connectivity index (χ0v) is 13.6. The summed E-state index contributed by atoms with van der Waals surface area (Å²) >= 11 is 0. The van der Waals surface area contributed by atoms with E-state index in [0.29, 0.717) is 0 Å². The van der Waals surface area contributed by atoms with Crippen molar-refractivity contribution in [2.24, 2.45) is 0 Å². The average molecular weight is 316 g/mol. The molecule has 1 aliphatic rings. The van der Waals surface area contributed by atoms with Gasteiger partial charge in [-0.3, -0.25) is 4.90 Å². The number of fused-ring (bicyclic) bond motifs is 1. The molecule has 2 aromatic carbocycles. The summed E-state index contributed by atoms with van der Waals surface area (Å²) in [4.78, 5) is 8.27. The molecule has 4 rings (SSSR count). The number of H-pyrrole nitrogens is 1. The van der Waals surface area contributed by atoms with Crippen molar-refractivity contribution >= 4 is 16.6 Å². The summed E-state index contributed by atoms with van der Waals surface area (Å²) in [6.07, 6.45) is 2.14. The molecule has 120 valence electrons. The fraction of sp³-hybridized carbons (Fsp3) is 0.250. The number of nitrogens with one attached hydrogen (secondary N) is 1. The predicted molar refractivity (Wildman–Crippen MR) is 96.9 cm³/mol. The van der Waals surface area contributed by atoms with E-state index in [-0.39, 0.29) is 0 Å². The highest BCUT2D eigenvalue weighted by molar-refractivity contribution is 5.82. The van der Waals surface area contributed by atoms with E-state index >= 15 is 0 Å². The molecule has 4 nitrogen and oxygen atoms in total. The summed E-state index contributed by atoms with van der Waals surface area (Å²) in [7, 11) is 0. The molecule has 24 heavy (non-hydrogen) atoms. The Labute approximate surface area is 141 Å². The van der Waals surface area contributed by atoms with Gasteiger partial charge >= 0.3 is 0 Å². The van der Waals surface area contributed by atoms with Gasteiger partial charge in [0.1, 0.15) is 0 Å². The lowest BCUT2D eigenvalue weighted by Crippen LogP contribution is -2.45. The number of piperazine rings is 1. The van der Waals surface area contributed by atoms with Gasteiger partial charge in [0.15, 0.2) is 0 Å². The van der Waals surface area contributed by atoms with Crippen molar-refractivity contribution in [1.29, 1.82) is 5.26 Å². The Morgan fingerprint density at radius 1 is 0.958 bits per heavy atom. The molecule has 0 radical (unpaired) electrons. The van der Waals surface area contributed by atoms with Crippen molar-refractivity contribution in [2.75, 3.05) is 31.1 Å². The van der Waals surface area contributed by atoms with Crippen molar-refractivity contribution in [3.05, 3.63) is 65.9 Å². The van der Waals surface area contributed by atoms with Gasteiger partial charge in [-0.25, -0.2) is 0 Å². The van der Waals surface area contributed by atoms with E-state index in [1.165, 1.54) is 22.2 Å². The summed E-state index contributed by atoms with van der Waals surface area (Å²) in [6, 6.07) is 18.5. The third-order valence-corrected chi connectivity index (χ3v) is 4.80. The van der Waals surface area contributed by atoms with Crippen LogP contribution < -0.4 is 4.90 Å². The lowest BCUT2D eigenvalue weighted by Gasteiger charge is -2.36. The van der Waals surface area contributed by atoms with Crippen molar-refractivity contribution in [1.82, 2.24) is 9.88 Å². The van der Waals surface area contributed by atoms with Gasteiger partial charge in [0.2, 0.25) is 0 Å². The fourth-order valence-electron chi connectivity index (χ4n) is 3.41. The van der Waals surface area contributed by atoms with Crippen molar-refractivity contribution in [3.63, 3.8) is 0 Å². The zero-order chi connectivity index (χ0) is 16.4. The van der Waals surface area contributed by atoms with E-state index in [9.17, 15) is 0 Å². The Bertz CT molecular complexity index is 865. The van der Waals surface area contributed by atoms with E-state index in [1.54, 1.807) is 0 Å². The van der Waals surface area contributed by atoms with Gasteiger partial charge in [-0.05, 0) is 35.9 Å². The summed E-state index contributed by atoms with van der Waals surface area (Å²) in [6.45, 7) is 5.15. The smallest absolute Gasteiger partial charge is 0.0991 e. The highest BCUT2D eigenvalue weighted by Gasteiger charge is 2.18. The van der Waals surface area contributed by atoms with Crippen LogP contribution in [0.2, 0.25) is 0 Å². The van der Waals surface area contributed by atoms with Gasteiger partial charge in [0.25, 0.3) is 0 Å². The molecule has 1 saturated heterocycles. The molecule has 0 unspecified atom stereocenters. The molecule has 0 amide bonds. The lowest BCUT2D eigenvalue weighted by molar-refractivity contribution is 0.250. The topological polar surface area (TPSA) is 46.1 Å². The number of rotatable bonds is 3. The van der Waals surface area contributed by atoms with Crippen LogP contribution in [0, 0.1) is 11.3 Å². The first-order valence-corrected chi connectivity index (χ1v) is 8.36. The van der Waals surface area contributed by atoms with Crippen LogP contribution >= 0.6 is 0 Å². The first-order valence-electron chi connectivity index (χ1n) is 8.36. The maximum Gasteiger partial charge on any atom is 0.0991 e. The van der Waals surface area contributed by atoms with Crippen LogP contribution in [0.5, 0.6) is 0 Å². The van der Waals surface area contributed by atoms with E-state index in [2.05, 4.69) is 51.3 Å². The number of para-hydroxylation sites is 1. The van der Waals surface area contributed by atoms with Crippen LogP contribution in [0.1, 0.15) is 11.1 Å². The SMILES string of the molecule is N#Cc1ccc(N2CCN(Cc3c[nH]c4ccccc34)CC2)cc1. The van der Waals surface area contributed by atoms with E-state index in [4.69, 9.17) is 5.26 Å². The zero-order valence-electron chi connectivity index (χ0n) is 13.6. The van der Waals surface area contributed by atoms with Crippen molar-refractivity contribution in [2.45, 2.75) is 6.54 Å². The number of hydrogen-bond acceptors (Lipinski definition) is 3. The van der Waals surface area contributed by atoms with Crippen LogP contribution in [0.4, 0.5) is 5.69 Å². The summed E-state index contributed by atoms with van der Waals surface area (Å²) in [5.74, 6) is 0. The summed E-state index contributed by atoms with van der Waals surface area (Å²) in [5, 5.41) is 10.2. The van der Waals surface area contributed by atoms with Crippen LogP contribution in [-0.2, 0) is 6.54 Å². The second-order valence-corrected chi connectivity index (χ2v) is 6.28. The number of anilines is 1. The molecule has 0 atom stereocenters. The molecule has 0 aliphatic carbocycles. The minimum atomic E-state index is 0.719. The molecule has 3 aromatic rings. The number of hydrogen-bond donors (Lipinski definition) is 1. The standard InChI is InChI=1S/C20H20N4/c21-13-16-5-7-18(8-6-16)24-11-9-23(10-12-24)15-17-14-22-20-4-2-1-3-19(17)20/h1-8,14,22H,9-12,15H2. The highest BCUT2D eigenvalue weighted by Crippen LogP contribution is 2.21. The normalized spacial score (nSPS) is 15.5. The molecular weight excluding hydrogens is 296 g/mol. The number of nitrogens with zero attached hydrogens (tertiary/aromatic N) is 3. The monoisotopic (exact) mass is 316 g/mol. The molecule has 4 heteroatoms. The molecule has 1 aliphatic heterocycles. The van der Waals surface area contributed by atoms with Gasteiger partial charge in [-0.2, -0.15) is 5.26 Å². The van der Waals surface area contributed by atoms with Crippen LogP contribution in [0.3, 0.4) is 0 Å². The van der Waals surface area contributed by atoms with E-state index < -0.39 is 0 Å². The molecule has 1 aromatic heterocycles. The van der Waals surface area contributed by atoms with Crippen LogP contribution in [-0.4, -0.2) is 36.1 Å². The third kappa shape index (κ3) is 2.86. The molecule has 1 fully saturated rings. The second-order valence-electron chi connectivity index (χ2n) is 6.28. The third-order valence-electron chi connectivity index (χ3n) is 4.80. The van der Waals surface area contributed by atoms with Gasteiger partial charge in [0, 0.05) is 55.5 Å². The molecule has 0 saturated carbocycles. The molecule has 0 spiro atoms. The Balaban J connectivity index is 1.40.